The second-order valence-electron chi connectivity index (χ2n) is 10.6. The molecule has 1 aromatic carbocycles. The standard InChI is InChI=1S/C25H41NO5SSi/c1-21-15-17-22(18-16-21)32(28,29)26(23(27)31-24(2,3)4)19-13-11-10-12-14-20-30-33(8,9)25(5,6)7/h10-11,14-18,20H,12-13,19H2,1-9H3/b11-10+,20-14+. The average Bonchev–Trinajstić information content (AvgIpc) is 2.64. The number of benzene rings is 1. The van der Waals surface area contributed by atoms with Gasteiger partial charge in [0.2, 0.25) is 8.32 Å². The molecule has 0 radical (unpaired) electrons. The molecule has 1 rings (SSSR count). The van der Waals surface area contributed by atoms with Gasteiger partial charge in [-0.25, -0.2) is 17.5 Å². The van der Waals surface area contributed by atoms with Gasteiger partial charge in [-0.15, -0.1) is 0 Å². The Labute approximate surface area is 201 Å². The van der Waals surface area contributed by atoms with Gasteiger partial charge < -0.3 is 9.16 Å². The van der Waals surface area contributed by atoms with Crippen molar-refractivity contribution in [3.8, 4) is 0 Å². The van der Waals surface area contributed by atoms with E-state index in [9.17, 15) is 13.2 Å². The van der Waals surface area contributed by atoms with Crippen molar-refractivity contribution in [3.05, 3.63) is 54.3 Å². The van der Waals surface area contributed by atoms with Crippen LogP contribution in [-0.2, 0) is 19.2 Å². The molecule has 0 aliphatic carbocycles. The van der Waals surface area contributed by atoms with E-state index in [1.165, 1.54) is 12.1 Å². The van der Waals surface area contributed by atoms with Crippen LogP contribution in [0, 0.1) is 6.92 Å². The van der Waals surface area contributed by atoms with Crippen LogP contribution < -0.4 is 0 Å². The Hall–Kier alpha value is -2.06. The predicted molar refractivity (Wildman–Crippen MR) is 137 cm³/mol. The molecule has 8 heteroatoms. The molecule has 0 atom stereocenters. The second-order valence-corrected chi connectivity index (χ2v) is 17.2. The molecular formula is C25H41NO5SSi. The Morgan fingerprint density at radius 3 is 2.09 bits per heavy atom. The third-order valence-corrected chi connectivity index (χ3v) is 11.5. The highest BCUT2D eigenvalue weighted by molar-refractivity contribution is 7.89. The number of hydrogen-bond acceptors (Lipinski definition) is 5. The molecular weight excluding hydrogens is 454 g/mol. The number of carbonyl (C=O) groups is 1. The number of allylic oxidation sites excluding steroid dienone is 2. The van der Waals surface area contributed by atoms with Crippen LogP contribution in [0.3, 0.4) is 0 Å². The van der Waals surface area contributed by atoms with Gasteiger partial charge in [0, 0.05) is 6.54 Å². The maximum Gasteiger partial charge on any atom is 0.424 e. The van der Waals surface area contributed by atoms with E-state index >= 15 is 0 Å². The maximum absolute atomic E-state index is 13.1. The number of hydrogen-bond donors (Lipinski definition) is 0. The van der Waals surface area contributed by atoms with Gasteiger partial charge in [-0.2, -0.15) is 0 Å². The Morgan fingerprint density at radius 1 is 1.00 bits per heavy atom. The number of nitrogens with zero attached hydrogens (tertiary/aromatic N) is 1. The van der Waals surface area contributed by atoms with Gasteiger partial charge in [0.1, 0.15) is 5.60 Å². The highest BCUT2D eigenvalue weighted by atomic mass is 32.2. The summed E-state index contributed by atoms with van der Waals surface area (Å²) in [5.74, 6) is 0. The molecule has 0 bridgehead atoms. The van der Waals surface area contributed by atoms with E-state index in [4.69, 9.17) is 9.16 Å². The van der Waals surface area contributed by atoms with Gasteiger partial charge in [0.15, 0.2) is 0 Å². The van der Waals surface area contributed by atoms with Crippen molar-refractivity contribution in [1.82, 2.24) is 4.31 Å². The van der Waals surface area contributed by atoms with Crippen LogP contribution in [-0.4, -0.2) is 39.3 Å². The summed E-state index contributed by atoms with van der Waals surface area (Å²) in [6, 6.07) is 6.42. The highest BCUT2D eigenvalue weighted by Gasteiger charge is 2.38. The smallest absolute Gasteiger partial charge is 0.424 e. The molecule has 0 aliphatic rings. The van der Waals surface area contributed by atoms with Gasteiger partial charge in [0.25, 0.3) is 10.0 Å². The Balaban J connectivity index is 2.82. The lowest BCUT2D eigenvalue weighted by Gasteiger charge is -2.34. The first-order valence-electron chi connectivity index (χ1n) is 11.3. The lowest BCUT2D eigenvalue weighted by Crippen LogP contribution is -2.41. The maximum atomic E-state index is 13.1. The molecule has 6 nitrogen and oxygen atoms in total. The van der Waals surface area contributed by atoms with E-state index in [-0.39, 0.29) is 16.5 Å². The number of sulfonamides is 1. The van der Waals surface area contributed by atoms with Crippen molar-refractivity contribution < 1.29 is 22.4 Å². The van der Waals surface area contributed by atoms with E-state index in [1.807, 2.05) is 25.2 Å². The minimum Gasteiger partial charge on any atom is -0.549 e. The average molecular weight is 496 g/mol. The minimum absolute atomic E-state index is 0.00813. The van der Waals surface area contributed by atoms with Crippen LogP contribution in [0.5, 0.6) is 0 Å². The van der Waals surface area contributed by atoms with Crippen molar-refractivity contribution >= 4 is 24.4 Å². The van der Waals surface area contributed by atoms with Crippen molar-refractivity contribution in [1.29, 1.82) is 0 Å². The molecule has 0 saturated heterocycles. The lowest BCUT2D eigenvalue weighted by atomic mass is 10.2. The van der Waals surface area contributed by atoms with Crippen LogP contribution >= 0.6 is 0 Å². The third-order valence-electron chi connectivity index (χ3n) is 5.41. The van der Waals surface area contributed by atoms with Gasteiger partial charge in [-0.3, -0.25) is 0 Å². The summed E-state index contributed by atoms with van der Waals surface area (Å²) in [5, 5.41) is 0.140. The molecule has 0 unspecified atom stereocenters. The van der Waals surface area contributed by atoms with Crippen LogP contribution in [0.1, 0.15) is 59.9 Å². The van der Waals surface area contributed by atoms with Crippen LogP contribution in [0.25, 0.3) is 0 Å². The first-order valence-corrected chi connectivity index (χ1v) is 15.6. The number of ether oxygens (including phenoxy) is 1. The zero-order chi connectivity index (χ0) is 25.5. The second kappa shape index (κ2) is 11.4. The minimum atomic E-state index is -4.03. The molecule has 0 spiro atoms. The summed E-state index contributed by atoms with van der Waals surface area (Å²) in [4.78, 5) is 12.8. The Kier molecular flexibility index (Phi) is 9.99. The zero-order valence-corrected chi connectivity index (χ0v) is 23.5. The van der Waals surface area contributed by atoms with Crippen LogP contribution in [0.4, 0.5) is 4.79 Å². The number of carbonyl (C=O) groups excluding carboxylic acids is 1. The summed E-state index contributed by atoms with van der Waals surface area (Å²) in [5.41, 5.74) is 0.134. The molecule has 0 saturated carbocycles. The normalized spacial score (nSPS) is 13.5. The Bertz CT molecular complexity index is 936. The fraction of sp³-hybridized carbons (Fsp3) is 0.560. The third kappa shape index (κ3) is 9.37. The van der Waals surface area contributed by atoms with Crippen molar-refractivity contribution in [2.75, 3.05) is 6.54 Å². The van der Waals surface area contributed by atoms with Gasteiger partial charge in [-0.1, -0.05) is 50.6 Å². The Morgan fingerprint density at radius 2 is 1.58 bits per heavy atom. The SMILES string of the molecule is Cc1ccc(S(=O)(=O)N(CC/C=C/C/C=C/O[Si](C)(C)C(C)(C)C)C(=O)OC(C)(C)C)cc1. The van der Waals surface area contributed by atoms with Gasteiger partial charge in [0.05, 0.1) is 11.2 Å². The largest absolute Gasteiger partial charge is 0.549 e. The van der Waals surface area contributed by atoms with E-state index in [0.29, 0.717) is 12.8 Å². The van der Waals surface area contributed by atoms with Gasteiger partial charge in [-0.05, 0) is 76.9 Å². The van der Waals surface area contributed by atoms with Crippen molar-refractivity contribution in [2.24, 2.45) is 0 Å². The molecule has 186 valence electrons. The number of rotatable bonds is 9. The zero-order valence-electron chi connectivity index (χ0n) is 21.6. The van der Waals surface area contributed by atoms with Crippen molar-refractivity contribution in [2.45, 2.75) is 89.9 Å². The highest BCUT2D eigenvalue weighted by Crippen LogP contribution is 2.36. The first kappa shape index (κ1) is 29.0. The first-order chi connectivity index (χ1) is 15.0. The molecule has 1 aromatic rings. The quantitative estimate of drug-likeness (QED) is 0.214. The van der Waals surface area contributed by atoms with Gasteiger partial charge >= 0.3 is 6.09 Å². The molecule has 0 aliphatic heterocycles. The monoisotopic (exact) mass is 495 g/mol. The molecule has 0 aromatic heterocycles. The van der Waals surface area contributed by atoms with E-state index < -0.39 is 30.0 Å². The predicted octanol–water partition coefficient (Wildman–Crippen LogP) is 6.79. The molecule has 0 heterocycles. The summed E-state index contributed by atoms with van der Waals surface area (Å²) in [6.45, 7) is 17.9. The summed E-state index contributed by atoms with van der Waals surface area (Å²) < 4.78 is 38.4. The summed E-state index contributed by atoms with van der Waals surface area (Å²) in [6.07, 6.45) is 7.64. The van der Waals surface area contributed by atoms with Crippen LogP contribution in [0.2, 0.25) is 18.1 Å². The van der Waals surface area contributed by atoms with Crippen LogP contribution in [0.15, 0.2) is 53.7 Å². The topological polar surface area (TPSA) is 72.9 Å². The van der Waals surface area contributed by atoms with E-state index in [1.54, 1.807) is 39.2 Å². The number of amides is 1. The van der Waals surface area contributed by atoms with E-state index in [2.05, 4.69) is 33.9 Å². The summed E-state index contributed by atoms with van der Waals surface area (Å²) in [7, 11) is -5.85. The fourth-order valence-electron chi connectivity index (χ4n) is 2.39. The number of aryl methyl sites for hydroxylation is 1. The summed E-state index contributed by atoms with van der Waals surface area (Å²) >= 11 is 0. The van der Waals surface area contributed by atoms with Crippen molar-refractivity contribution in [3.63, 3.8) is 0 Å². The molecule has 1 amide bonds. The molecule has 0 N–H and O–H groups in total. The fourth-order valence-corrected chi connectivity index (χ4v) is 4.50. The molecule has 33 heavy (non-hydrogen) atoms. The molecule has 0 fully saturated rings. The lowest BCUT2D eigenvalue weighted by molar-refractivity contribution is 0.0393. The van der Waals surface area contributed by atoms with E-state index in [0.717, 1.165) is 9.87 Å².